The van der Waals surface area contributed by atoms with Crippen LogP contribution in [0.1, 0.15) is 12.0 Å². The smallest absolute Gasteiger partial charge is 0.223 e. The van der Waals surface area contributed by atoms with Crippen molar-refractivity contribution in [3.63, 3.8) is 0 Å². The summed E-state index contributed by atoms with van der Waals surface area (Å²) in [6, 6.07) is 15.7. The van der Waals surface area contributed by atoms with E-state index in [1.807, 2.05) is 48.3 Å². The number of fused-ring (bicyclic) bond motifs is 1. The molecule has 3 aromatic rings. The number of hydrogen-bond donors (Lipinski definition) is 1. The molecule has 0 atom stereocenters. The highest BCUT2D eigenvalue weighted by molar-refractivity contribution is 5.77. The molecule has 1 aromatic heterocycles. The van der Waals surface area contributed by atoms with Gasteiger partial charge in [0.15, 0.2) is 0 Å². The predicted octanol–water partition coefficient (Wildman–Crippen LogP) is 2.70. The van der Waals surface area contributed by atoms with Gasteiger partial charge < -0.3 is 14.6 Å². The summed E-state index contributed by atoms with van der Waals surface area (Å²) in [5.41, 5.74) is 3.26. The van der Waals surface area contributed by atoms with E-state index in [-0.39, 0.29) is 5.91 Å². The summed E-state index contributed by atoms with van der Waals surface area (Å²) in [6.07, 6.45) is 2.95. The van der Waals surface area contributed by atoms with Crippen LogP contribution in [-0.2, 0) is 18.3 Å². The van der Waals surface area contributed by atoms with Crippen molar-refractivity contribution in [3.8, 4) is 5.75 Å². The van der Waals surface area contributed by atoms with E-state index in [2.05, 4.69) is 28.5 Å². The molecule has 5 heteroatoms. The third kappa shape index (κ3) is 4.13. The van der Waals surface area contributed by atoms with Gasteiger partial charge in [-0.05, 0) is 36.2 Å². The lowest BCUT2D eigenvalue weighted by atomic mass is 10.1. The molecule has 0 saturated heterocycles. The van der Waals surface area contributed by atoms with Crippen LogP contribution in [-0.4, -0.2) is 28.6 Å². The van der Waals surface area contributed by atoms with Crippen LogP contribution in [0.4, 0.5) is 0 Å². The maximum atomic E-state index is 11.8. The molecule has 24 heavy (non-hydrogen) atoms. The Morgan fingerprint density at radius 3 is 2.88 bits per heavy atom. The Hall–Kier alpha value is -2.82. The second-order valence-electron chi connectivity index (χ2n) is 5.69. The molecular formula is C19H21N3O2. The molecule has 0 aliphatic rings. The molecule has 5 nitrogen and oxygen atoms in total. The number of imidazole rings is 1. The van der Waals surface area contributed by atoms with Gasteiger partial charge in [0.2, 0.25) is 5.91 Å². The Bertz CT molecular complexity index is 812. The topological polar surface area (TPSA) is 56.2 Å². The van der Waals surface area contributed by atoms with Crippen molar-refractivity contribution in [2.75, 3.05) is 13.2 Å². The molecule has 0 spiro atoms. The van der Waals surface area contributed by atoms with Crippen LogP contribution in [0.25, 0.3) is 11.0 Å². The molecule has 2 aromatic carbocycles. The fourth-order valence-electron chi connectivity index (χ4n) is 2.55. The van der Waals surface area contributed by atoms with Crippen LogP contribution in [0.15, 0.2) is 54.9 Å². The summed E-state index contributed by atoms with van der Waals surface area (Å²) in [5.74, 6) is 0.791. The van der Waals surface area contributed by atoms with Crippen molar-refractivity contribution in [2.45, 2.75) is 12.8 Å². The molecule has 124 valence electrons. The fraction of sp³-hybridized carbons (Fsp3) is 0.263. The predicted molar refractivity (Wildman–Crippen MR) is 94.0 cm³/mol. The van der Waals surface area contributed by atoms with Gasteiger partial charge in [0.25, 0.3) is 0 Å². The minimum absolute atomic E-state index is 0.00449. The zero-order valence-corrected chi connectivity index (χ0v) is 13.7. The maximum absolute atomic E-state index is 11.8. The Balaban J connectivity index is 1.39. The van der Waals surface area contributed by atoms with E-state index in [9.17, 15) is 4.79 Å². The minimum atomic E-state index is 0.00449. The normalized spacial score (nSPS) is 10.7. The molecule has 0 radical (unpaired) electrons. The Labute approximate surface area is 141 Å². The highest BCUT2D eigenvalue weighted by Gasteiger charge is 2.04. The second kappa shape index (κ2) is 7.64. The van der Waals surface area contributed by atoms with Crippen LogP contribution >= 0.6 is 0 Å². The fourth-order valence-corrected chi connectivity index (χ4v) is 2.55. The van der Waals surface area contributed by atoms with Crippen molar-refractivity contribution < 1.29 is 9.53 Å². The van der Waals surface area contributed by atoms with E-state index in [0.29, 0.717) is 19.6 Å². The molecular weight excluding hydrogens is 302 g/mol. The largest absolute Gasteiger partial charge is 0.493 e. The number of aryl methyl sites for hydroxylation is 1. The molecule has 0 bridgehead atoms. The molecule has 0 saturated carbocycles. The van der Waals surface area contributed by atoms with Gasteiger partial charge in [-0.1, -0.05) is 24.3 Å². The van der Waals surface area contributed by atoms with Crippen molar-refractivity contribution in [2.24, 2.45) is 7.05 Å². The summed E-state index contributed by atoms with van der Waals surface area (Å²) < 4.78 is 7.51. The zero-order chi connectivity index (χ0) is 16.8. The first-order valence-corrected chi connectivity index (χ1v) is 8.07. The van der Waals surface area contributed by atoms with Crippen LogP contribution in [0.3, 0.4) is 0 Å². The van der Waals surface area contributed by atoms with Crippen molar-refractivity contribution in [3.05, 3.63) is 60.4 Å². The van der Waals surface area contributed by atoms with Crippen molar-refractivity contribution in [1.29, 1.82) is 0 Å². The summed E-state index contributed by atoms with van der Waals surface area (Å²) >= 11 is 0. The van der Waals surface area contributed by atoms with Gasteiger partial charge in [-0.3, -0.25) is 4.79 Å². The van der Waals surface area contributed by atoms with E-state index in [4.69, 9.17) is 4.74 Å². The maximum Gasteiger partial charge on any atom is 0.223 e. The van der Waals surface area contributed by atoms with Crippen molar-refractivity contribution in [1.82, 2.24) is 14.9 Å². The van der Waals surface area contributed by atoms with Gasteiger partial charge in [0.1, 0.15) is 5.75 Å². The first-order valence-electron chi connectivity index (χ1n) is 8.07. The van der Waals surface area contributed by atoms with Gasteiger partial charge in [-0.15, -0.1) is 0 Å². The lowest BCUT2D eigenvalue weighted by Crippen LogP contribution is -2.27. The molecule has 1 amide bonds. The lowest BCUT2D eigenvalue weighted by molar-refractivity contribution is -0.121. The quantitative estimate of drug-likeness (QED) is 0.727. The first kappa shape index (κ1) is 16.1. The van der Waals surface area contributed by atoms with E-state index >= 15 is 0 Å². The van der Waals surface area contributed by atoms with Crippen LogP contribution in [0.2, 0.25) is 0 Å². The molecule has 1 heterocycles. The summed E-state index contributed by atoms with van der Waals surface area (Å²) in [5, 5.41) is 2.93. The third-order valence-electron chi connectivity index (χ3n) is 3.87. The van der Waals surface area contributed by atoms with E-state index in [1.165, 1.54) is 5.56 Å². The standard InChI is InChI=1S/C19H21N3O2/c1-22-14-21-17-13-15(7-8-18(17)22)9-11-20-19(23)10-12-24-16-5-3-2-4-6-16/h2-8,13-14H,9-12H2,1H3,(H,20,23). The average Bonchev–Trinajstić information content (AvgIpc) is 2.96. The highest BCUT2D eigenvalue weighted by atomic mass is 16.5. The minimum Gasteiger partial charge on any atom is -0.493 e. The number of para-hydroxylation sites is 1. The van der Waals surface area contributed by atoms with Gasteiger partial charge >= 0.3 is 0 Å². The summed E-state index contributed by atoms with van der Waals surface area (Å²) in [7, 11) is 1.98. The number of benzene rings is 2. The van der Waals surface area contributed by atoms with E-state index in [0.717, 1.165) is 23.2 Å². The Kier molecular flexibility index (Phi) is 5.11. The molecule has 0 aliphatic heterocycles. The van der Waals surface area contributed by atoms with Gasteiger partial charge in [0.05, 0.1) is 30.4 Å². The van der Waals surface area contributed by atoms with E-state index in [1.54, 1.807) is 0 Å². The zero-order valence-electron chi connectivity index (χ0n) is 13.7. The average molecular weight is 323 g/mol. The number of amides is 1. The Morgan fingerprint density at radius 2 is 2.04 bits per heavy atom. The second-order valence-corrected chi connectivity index (χ2v) is 5.69. The number of hydrogen-bond acceptors (Lipinski definition) is 3. The number of rotatable bonds is 7. The van der Waals surface area contributed by atoms with Crippen LogP contribution in [0.5, 0.6) is 5.75 Å². The van der Waals surface area contributed by atoms with Gasteiger partial charge in [-0.2, -0.15) is 0 Å². The number of carbonyl (C=O) groups excluding carboxylic acids is 1. The molecule has 0 fully saturated rings. The third-order valence-corrected chi connectivity index (χ3v) is 3.87. The number of aromatic nitrogens is 2. The lowest BCUT2D eigenvalue weighted by Gasteiger charge is -2.07. The van der Waals surface area contributed by atoms with Crippen LogP contribution in [0, 0.1) is 0 Å². The van der Waals surface area contributed by atoms with Crippen LogP contribution < -0.4 is 10.1 Å². The monoisotopic (exact) mass is 323 g/mol. The number of carbonyl (C=O) groups is 1. The Morgan fingerprint density at radius 1 is 1.21 bits per heavy atom. The SMILES string of the molecule is Cn1cnc2cc(CCNC(=O)CCOc3ccccc3)ccc21. The summed E-state index contributed by atoms with van der Waals surface area (Å²) in [6.45, 7) is 0.998. The van der Waals surface area contributed by atoms with Gasteiger partial charge in [0, 0.05) is 13.6 Å². The molecule has 1 N–H and O–H groups in total. The first-order chi connectivity index (χ1) is 11.7. The number of ether oxygens (including phenoxy) is 1. The molecule has 0 unspecified atom stereocenters. The highest BCUT2D eigenvalue weighted by Crippen LogP contribution is 2.14. The van der Waals surface area contributed by atoms with Crippen molar-refractivity contribution >= 4 is 16.9 Å². The summed E-state index contributed by atoms with van der Waals surface area (Å²) in [4.78, 5) is 16.2. The van der Waals surface area contributed by atoms with E-state index < -0.39 is 0 Å². The van der Waals surface area contributed by atoms with Gasteiger partial charge in [-0.25, -0.2) is 4.98 Å². The molecule has 0 aliphatic carbocycles. The number of nitrogens with zero attached hydrogens (tertiary/aromatic N) is 2. The number of nitrogens with one attached hydrogen (secondary N) is 1. The molecule has 3 rings (SSSR count).